The summed E-state index contributed by atoms with van der Waals surface area (Å²) in [5.74, 6) is -0.414. The summed E-state index contributed by atoms with van der Waals surface area (Å²) in [6.45, 7) is 7.70. The van der Waals surface area contributed by atoms with Crippen molar-refractivity contribution in [2.24, 2.45) is 4.99 Å². The molecule has 0 saturated carbocycles. The number of likely N-dealkylation sites (N-methyl/N-ethyl adjacent to an activating group) is 1. The Morgan fingerprint density at radius 3 is 2.65 bits per heavy atom. The maximum atomic E-state index is 13.4. The average molecular weight is 421 g/mol. The number of quaternary nitrogens is 1. The maximum absolute atomic E-state index is 13.4. The van der Waals surface area contributed by atoms with Gasteiger partial charge in [-0.1, -0.05) is 18.2 Å². The summed E-state index contributed by atoms with van der Waals surface area (Å²) in [6.07, 6.45) is 4.15. The number of fused-ring (bicyclic) bond motifs is 1. The van der Waals surface area contributed by atoms with E-state index < -0.39 is 5.92 Å². The molecule has 2 aliphatic heterocycles. The summed E-state index contributed by atoms with van der Waals surface area (Å²) in [4.78, 5) is 34.2. The Balaban J connectivity index is 1.61. The van der Waals surface area contributed by atoms with Gasteiger partial charge in [0.25, 0.3) is 5.91 Å². The molecule has 162 valence electrons. The van der Waals surface area contributed by atoms with Crippen molar-refractivity contribution in [1.29, 1.82) is 0 Å². The molecule has 2 aliphatic rings. The third-order valence-electron chi connectivity index (χ3n) is 6.28. The number of hydrogen-bond acceptors (Lipinski definition) is 4. The first-order chi connectivity index (χ1) is 15.1. The summed E-state index contributed by atoms with van der Waals surface area (Å²) >= 11 is 0. The van der Waals surface area contributed by atoms with Crippen LogP contribution in [0.25, 0.3) is 0 Å². The highest BCUT2D eigenvalue weighted by Crippen LogP contribution is 2.32. The molecule has 4 rings (SSSR count). The van der Waals surface area contributed by atoms with Crippen molar-refractivity contribution in [1.82, 2.24) is 0 Å². The fourth-order valence-corrected chi connectivity index (χ4v) is 4.67. The number of benzene rings is 2. The van der Waals surface area contributed by atoms with Gasteiger partial charge in [0.05, 0.1) is 37.8 Å². The van der Waals surface area contributed by atoms with Gasteiger partial charge >= 0.3 is 0 Å². The number of amides is 2. The van der Waals surface area contributed by atoms with E-state index in [0.717, 1.165) is 12.1 Å². The molecule has 0 aromatic heterocycles. The number of rotatable bonds is 7. The van der Waals surface area contributed by atoms with Crippen LogP contribution in [0.5, 0.6) is 5.75 Å². The van der Waals surface area contributed by atoms with Crippen molar-refractivity contribution in [2.75, 3.05) is 31.1 Å². The first kappa shape index (κ1) is 21.2. The lowest BCUT2D eigenvalue weighted by Crippen LogP contribution is -3.13. The second-order valence-corrected chi connectivity index (χ2v) is 8.09. The number of likely N-dealkylation sites (tertiary alicyclic amines) is 1. The van der Waals surface area contributed by atoms with Crippen LogP contribution in [0.2, 0.25) is 0 Å². The van der Waals surface area contributed by atoms with E-state index in [-0.39, 0.29) is 11.8 Å². The molecule has 1 saturated heterocycles. The molecular weight excluding hydrogens is 390 g/mol. The molecule has 0 radical (unpaired) electrons. The SMILES string of the molecule is CCOc1ccc(N2C(=O)c3ccccc3C(C=NC[C@@H]3CCC[NH+]3CC)C2=O)cc1. The summed E-state index contributed by atoms with van der Waals surface area (Å²) < 4.78 is 5.49. The van der Waals surface area contributed by atoms with E-state index in [2.05, 4.69) is 6.92 Å². The molecule has 6 heteroatoms. The smallest absolute Gasteiger partial charge is 0.265 e. The van der Waals surface area contributed by atoms with Crippen molar-refractivity contribution in [3.05, 3.63) is 59.7 Å². The van der Waals surface area contributed by atoms with Crippen LogP contribution >= 0.6 is 0 Å². The van der Waals surface area contributed by atoms with E-state index in [1.807, 2.05) is 25.1 Å². The van der Waals surface area contributed by atoms with E-state index in [9.17, 15) is 9.59 Å². The molecule has 0 aliphatic carbocycles. The maximum Gasteiger partial charge on any atom is 0.265 e. The quantitative estimate of drug-likeness (QED) is 0.553. The minimum atomic E-state index is -0.563. The van der Waals surface area contributed by atoms with E-state index in [1.165, 1.54) is 24.3 Å². The van der Waals surface area contributed by atoms with Crippen LogP contribution in [0.15, 0.2) is 53.5 Å². The Hall–Kier alpha value is -2.99. The van der Waals surface area contributed by atoms with Crippen LogP contribution < -0.4 is 14.5 Å². The number of aliphatic imine (C=N–C) groups is 1. The summed E-state index contributed by atoms with van der Waals surface area (Å²) in [5, 5.41) is 0. The average Bonchev–Trinajstić information content (AvgIpc) is 3.25. The van der Waals surface area contributed by atoms with Crippen LogP contribution in [0.4, 0.5) is 5.69 Å². The summed E-state index contributed by atoms with van der Waals surface area (Å²) in [6, 6.07) is 14.9. The summed E-state index contributed by atoms with van der Waals surface area (Å²) in [5.41, 5.74) is 1.83. The zero-order valence-electron chi connectivity index (χ0n) is 18.2. The van der Waals surface area contributed by atoms with Gasteiger partial charge in [-0.3, -0.25) is 14.6 Å². The Labute approximate surface area is 183 Å². The van der Waals surface area contributed by atoms with Crippen molar-refractivity contribution in [3.8, 4) is 5.75 Å². The Morgan fingerprint density at radius 2 is 1.90 bits per heavy atom. The second-order valence-electron chi connectivity index (χ2n) is 8.09. The molecule has 1 N–H and O–H groups in total. The van der Waals surface area contributed by atoms with Crippen molar-refractivity contribution in [3.63, 3.8) is 0 Å². The predicted octanol–water partition coefficient (Wildman–Crippen LogP) is 2.49. The number of carbonyl (C=O) groups is 2. The molecule has 0 bridgehead atoms. The Kier molecular flexibility index (Phi) is 6.47. The molecular formula is C25H30N3O3+. The lowest BCUT2D eigenvalue weighted by molar-refractivity contribution is -0.908. The number of anilines is 1. The van der Waals surface area contributed by atoms with E-state index in [1.54, 1.807) is 41.4 Å². The molecule has 31 heavy (non-hydrogen) atoms. The lowest BCUT2D eigenvalue weighted by Gasteiger charge is -2.31. The van der Waals surface area contributed by atoms with Gasteiger partial charge in [-0.15, -0.1) is 0 Å². The first-order valence-corrected chi connectivity index (χ1v) is 11.2. The minimum Gasteiger partial charge on any atom is -0.494 e. The van der Waals surface area contributed by atoms with Gasteiger partial charge < -0.3 is 9.64 Å². The second kappa shape index (κ2) is 9.43. The van der Waals surface area contributed by atoms with Gasteiger partial charge in [0.1, 0.15) is 11.8 Å². The minimum absolute atomic E-state index is 0.261. The number of imide groups is 1. The molecule has 2 amide bonds. The van der Waals surface area contributed by atoms with Gasteiger partial charge in [-0.25, -0.2) is 4.90 Å². The molecule has 2 aromatic rings. The van der Waals surface area contributed by atoms with Crippen molar-refractivity contribution in [2.45, 2.75) is 38.6 Å². The van der Waals surface area contributed by atoms with Gasteiger partial charge in [0.2, 0.25) is 5.91 Å². The number of hydrogen-bond donors (Lipinski definition) is 1. The zero-order valence-corrected chi connectivity index (χ0v) is 18.2. The summed E-state index contributed by atoms with van der Waals surface area (Å²) in [7, 11) is 0. The first-order valence-electron chi connectivity index (χ1n) is 11.2. The topological polar surface area (TPSA) is 63.4 Å². The van der Waals surface area contributed by atoms with E-state index in [4.69, 9.17) is 9.73 Å². The van der Waals surface area contributed by atoms with Crippen LogP contribution in [0.1, 0.15) is 48.5 Å². The number of nitrogens with zero attached hydrogens (tertiary/aromatic N) is 2. The third-order valence-corrected chi connectivity index (χ3v) is 6.28. The lowest BCUT2D eigenvalue weighted by atomic mass is 9.89. The largest absolute Gasteiger partial charge is 0.494 e. The molecule has 1 fully saturated rings. The highest BCUT2D eigenvalue weighted by molar-refractivity contribution is 6.29. The predicted molar refractivity (Wildman–Crippen MR) is 121 cm³/mol. The van der Waals surface area contributed by atoms with Gasteiger partial charge in [-0.05, 0) is 49.7 Å². The van der Waals surface area contributed by atoms with Gasteiger partial charge in [0, 0.05) is 24.6 Å². The molecule has 2 heterocycles. The Morgan fingerprint density at radius 1 is 1.13 bits per heavy atom. The standard InChI is InChI=1S/C25H29N3O3/c1-3-27-15-7-8-19(27)16-26-17-23-21-9-5-6-10-22(21)24(29)28(25(23)30)18-11-13-20(14-12-18)31-4-2/h5-6,9-14,17,19,23H,3-4,7-8,15-16H2,1-2H3/p+1/t19-,23?/m0/s1. The number of carbonyl (C=O) groups excluding carboxylic acids is 2. The normalized spacial score (nSPS) is 23.4. The third kappa shape index (κ3) is 4.26. The van der Waals surface area contributed by atoms with E-state index >= 15 is 0 Å². The molecule has 2 aromatic carbocycles. The molecule has 3 atom stereocenters. The monoisotopic (exact) mass is 420 g/mol. The fourth-order valence-electron chi connectivity index (χ4n) is 4.67. The number of nitrogens with one attached hydrogen (secondary N) is 1. The van der Waals surface area contributed by atoms with E-state index in [0.29, 0.717) is 36.2 Å². The van der Waals surface area contributed by atoms with Crippen LogP contribution in [-0.2, 0) is 4.79 Å². The van der Waals surface area contributed by atoms with Crippen molar-refractivity contribution >= 4 is 23.7 Å². The van der Waals surface area contributed by atoms with Crippen LogP contribution in [-0.4, -0.2) is 50.3 Å². The highest BCUT2D eigenvalue weighted by Gasteiger charge is 2.39. The highest BCUT2D eigenvalue weighted by atomic mass is 16.5. The van der Waals surface area contributed by atoms with Gasteiger partial charge in [-0.2, -0.15) is 0 Å². The van der Waals surface area contributed by atoms with Crippen molar-refractivity contribution < 1.29 is 19.2 Å². The zero-order chi connectivity index (χ0) is 21.8. The van der Waals surface area contributed by atoms with Gasteiger partial charge in [0.15, 0.2) is 0 Å². The molecule has 2 unspecified atom stereocenters. The fraction of sp³-hybridized carbons (Fsp3) is 0.400. The van der Waals surface area contributed by atoms with Crippen LogP contribution in [0.3, 0.4) is 0 Å². The molecule has 6 nitrogen and oxygen atoms in total. The van der Waals surface area contributed by atoms with Crippen LogP contribution in [0, 0.1) is 0 Å². The number of ether oxygens (including phenoxy) is 1. The Bertz CT molecular complexity index is 970. The molecule has 0 spiro atoms.